The van der Waals surface area contributed by atoms with Crippen LogP contribution in [0.1, 0.15) is 11.1 Å². The number of nitrogens with zero attached hydrogens (tertiary/aromatic N) is 2. The first-order valence-corrected chi connectivity index (χ1v) is 6.17. The molecule has 0 heterocycles. The Bertz CT molecular complexity index is 547. The van der Waals surface area contributed by atoms with Crippen LogP contribution in [0.5, 0.6) is 0 Å². The molecule has 0 saturated carbocycles. The van der Waals surface area contributed by atoms with Gasteiger partial charge in [-0.2, -0.15) is 0 Å². The Morgan fingerprint density at radius 2 is 1.63 bits per heavy atom. The quantitative estimate of drug-likeness (QED) is 0.658. The maximum absolute atomic E-state index is 8.07. The van der Waals surface area contributed by atoms with Crippen molar-refractivity contribution in [3.05, 3.63) is 71.8 Å². The average Bonchev–Trinajstić information content (AvgIpc) is 2.48. The third-order valence-corrected chi connectivity index (χ3v) is 2.76. The predicted octanol–water partition coefficient (Wildman–Crippen LogP) is 3.02. The van der Waals surface area contributed by atoms with Crippen molar-refractivity contribution >= 4 is 12.1 Å². The molecule has 0 bridgehead atoms. The molecule has 0 fully saturated rings. The van der Waals surface area contributed by atoms with Gasteiger partial charge in [0.1, 0.15) is 12.5 Å². The van der Waals surface area contributed by atoms with E-state index in [0.717, 1.165) is 11.1 Å². The first-order chi connectivity index (χ1) is 9.27. The highest BCUT2D eigenvalue weighted by Gasteiger charge is 2.04. The zero-order valence-electron chi connectivity index (χ0n) is 11.0. The second-order valence-corrected chi connectivity index (χ2v) is 4.28. The Kier molecular flexibility index (Phi) is 4.45. The fraction of sp³-hybridized carbons (Fsp3) is 0.125. The van der Waals surface area contributed by atoms with E-state index in [0.29, 0.717) is 12.5 Å². The van der Waals surface area contributed by atoms with Gasteiger partial charge in [0.2, 0.25) is 0 Å². The fourth-order valence-electron chi connectivity index (χ4n) is 1.69. The SMILES string of the molecule is CN(CN=Cc1ccccc1)C(=N)c1ccccc1. The van der Waals surface area contributed by atoms with E-state index in [9.17, 15) is 0 Å². The van der Waals surface area contributed by atoms with Gasteiger partial charge in [-0.3, -0.25) is 10.4 Å². The molecular weight excluding hydrogens is 234 g/mol. The van der Waals surface area contributed by atoms with Crippen LogP contribution in [0.15, 0.2) is 65.7 Å². The molecule has 3 nitrogen and oxygen atoms in total. The number of amidine groups is 1. The standard InChI is InChI=1S/C16H17N3/c1-19(16(17)15-10-6-3-7-11-15)13-18-12-14-8-4-2-5-9-14/h2-12,17H,13H2,1H3. The highest BCUT2D eigenvalue weighted by molar-refractivity contribution is 5.96. The zero-order valence-corrected chi connectivity index (χ0v) is 11.0. The molecule has 19 heavy (non-hydrogen) atoms. The van der Waals surface area contributed by atoms with Gasteiger partial charge in [-0.25, -0.2) is 0 Å². The lowest BCUT2D eigenvalue weighted by molar-refractivity contribution is 0.522. The van der Waals surface area contributed by atoms with E-state index in [1.54, 1.807) is 0 Å². The fourth-order valence-corrected chi connectivity index (χ4v) is 1.69. The average molecular weight is 251 g/mol. The van der Waals surface area contributed by atoms with E-state index in [4.69, 9.17) is 5.41 Å². The maximum Gasteiger partial charge on any atom is 0.129 e. The van der Waals surface area contributed by atoms with Crippen molar-refractivity contribution in [2.75, 3.05) is 13.7 Å². The largest absolute Gasteiger partial charge is 0.340 e. The van der Waals surface area contributed by atoms with Crippen LogP contribution in [-0.2, 0) is 0 Å². The minimum absolute atomic E-state index is 0.475. The molecule has 0 aromatic heterocycles. The van der Waals surface area contributed by atoms with Gasteiger partial charge < -0.3 is 4.90 Å². The molecule has 0 unspecified atom stereocenters. The van der Waals surface area contributed by atoms with Gasteiger partial charge in [0.15, 0.2) is 0 Å². The molecular formula is C16H17N3. The van der Waals surface area contributed by atoms with Crippen LogP contribution in [-0.4, -0.2) is 30.7 Å². The van der Waals surface area contributed by atoms with E-state index in [-0.39, 0.29) is 0 Å². The number of hydrogen-bond donors (Lipinski definition) is 1. The van der Waals surface area contributed by atoms with E-state index in [2.05, 4.69) is 4.99 Å². The summed E-state index contributed by atoms with van der Waals surface area (Å²) < 4.78 is 0. The monoisotopic (exact) mass is 251 g/mol. The third-order valence-electron chi connectivity index (χ3n) is 2.76. The zero-order chi connectivity index (χ0) is 13.5. The van der Waals surface area contributed by atoms with Crippen LogP contribution in [0.2, 0.25) is 0 Å². The van der Waals surface area contributed by atoms with Gasteiger partial charge in [-0.05, 0) is 5.56 Å². The summed E-state index contributed by atoms with van der Waals surface area (Å²) in [5.74, 6) is 0.478. The second kappa shape index (κ2) is 6.50. The summed E-state index contributed by atoms with van der Waals surface area (Å²) in [6, 6.07) is 19.6. The Morgan fingerprint density at radius 1 is 1.05 bits per heavy atom. The number of aliphatic imine (C=N–C) groups is 1. The van der Waals surface area contributed by atoms with Crippen LogP contribution < -0.4 is 0 Å². The van der Waals surface area contributed by atoms with Gasteiger partial charge in [0.05, 0.1) is 0 Å². The summed E-state index contributed by atoms with van der Waals surface area (Å²) in [4.78, 5) is 6.16. The first kappa shape index (κ1) is 13.0. The molecule has 0 aliphatic carbocycles. The molecule has 2 aromatic rings. The molecule has 3 heteroatoms. The van der Waals surface area contributed by atoms with Crippen LogP contribution in [0.4, 0.5) is 0 Å². The summed E-state index contributed by atoms with van der Waals surface area (Å²) in [5.41, 5.74) is 1.97. The van der Waals surface area contributed by atoms with Crippen LogP contribution in [0.25, 0.3) is 0 Å². The van der Waals surface area contributed by atoms with Crippen LogP contribution in [0, 0.1) is 5.41 Å². The lowest BCUT2D eigenvalue weighted by atomic mass is 10.2. The lowest BCUT2D eigenvalue weighted by Crippen LogP contribution is -2.26. The lowest BCUT2D eigenvalue weighted by Gasteiger charge is -2.17. The highest BCUT2D eigenvalue weighted by Crippen LogP contribution is 2.03. The molecule has 0 saturated heterocycles. The molecule has 1 N–H and O–H groups in total. The van der Waals surface area contributed by atoms with Gasteiger partial charge >= 0.3 is 0 Å². The molecule has 0 aliphatic heterocycles. The Labute approximate surface area is 113 Å². The molecule has 0 spiro atoms. The van der Waals surface area contributed by atoms with Gasteiger partial charge in [-0.15, -0.1) is 0 Å². The summed E-state index contributed by atoms with van der Waals surface area (Å²) in [6.07, 6.45) is 1.83. The van der Waals surface area contributed by atoms with Crippen LogP contribution in [0.3, 0.4) is 0 Å². The first-order valence-electron chi connectivity index (χ1n) is 6.17. The molecule has 0 radical (unpaired) electrons. The molecule has 0 amide bonds. The normalized spacial score (nSPS) is 10.6. The van der Waals surface area contributed by atoms with Crippen molar-refractivity contribution in [2.45, 2.75) is 0 Å². The molecule has 0 atom stereocenters. The topological polar surface area (TPSA) is 39.5 Å². The van der Waals surface area contributed by atoms with E-state index >= 15 is 0 Å². The molecule has 2 rings (SSSR count). The molecule has 0 aliphatic rings. The van der Waals surface area contributed by atoms with Crippen molar-refractivity contribution in [3.8, 4) is 0 Å². The predicted molar refractivity (Wildman–Crippen MR) is 79.9 cm³/mol. The number of rotatable bonds is 4. The summed E-state index contributed by atoms with van der Waals surface area (Å²) in [7, 11) is 1.87. The van der Waals surface area contributed by atoms with Crippen molar-refractivity contribution in [3.63, 3.8) is 0 Å². The van der Waals surface area contributed by atoms with E-state index < -0.39 is 0 Å². The van der Waals surface area contributed by atoms with Gasteiger partial charge in [0, 0.05) is 18.8 Å². The van der Waals surface area contributed by atoms with Crippen molar-refractivity contribution in [1.82, 2.24) is 4.90 Å². The van der Waals surface area contributed by atoms with E-state index in [1.807, 2.05) is 78.8 Å². The van der Waals surface area contributed by atoms with E-state index in [1.165, 1.54) is 0 Å². The molecule has 96 valence electrons. The smallest absolute Gasteiger partial charge is 0.129 e. The van der Waals surface area contributed by atoms with Crippen molar-refractivity contribution in [2.24, 2.45) is 4.99 Å². The van der Waals surface area contributed by atoms with Crippen LogP contribution >= 0.6 is 0 Å². The Balaban J connectivity index is 1.93. The van der Waals surface area contributed by atoms with Gasteiger partial charge in [-0.1, -0.05) is 60.7 Å². The Morgan fingerprint density at radius 3 is 2.26 bits per heavy atom. The summed E-state index contributed by atoms with van der Waals surface area (Å²) in [6.45, 7) is 0.475. The summed E-state index contributed by atoms with van der Waals surface area (Å²) in [5, 5.41) is 8.07. The second-order valence-electron chi connectivity index (χ2n) is 4.28. The number of benzene rings is 2. The number of hydrogen-bond acceptors (Lipinski definition) is 2. The third kappa shape index (κ3) is 3.78. The molecule has 2 aromatic carbocycles. The maximum atomic E-state index is 8.07. The van der Waals surface area contributed by atoms with Gasteiger partial charge in [0.25, 0.3) is 0 Å². The highest BCUT2D eigenvalue weighted by atomic mass is 15.2. The minimum Gasteiger partial charge on any atom is -0.340 e. The Hall–Kier alpha value is -2.42. The van der Waals surface area contributed by atoms with Crippen molar-refractivity contribution in [1.29, 1.82) is 5.41 Å². The number of nitrogens with one attached hydrogen (secondary N) is 1. The van der Waals surface area contributed by atoms with Crippen molar-refractivity contribution < 1.29 is 0 Å². The minimum atomic E-state index is 0.475. The summed E-state index contributed by atoms with van der Waals surface area (Å²) >= 11 is 0.